The molecule has 0 N–H and O–H groups in total. The largest absolute Gasteiger partial charge is 0.306 e. The van der Waals surface area contributed by atoms with Crippen LogP contribution in [0.15, 0.2) is 47.5 Å². The Bertz CT molecular complexity index is 714. The molecule has 21 heavy (non-hydrogen) atoms. The van der Waals surface area contributed by atoms with Crippen LogP contribution in [0.2, 0.25) is 0 Å². The van der Waals surface area contributed by atoms with Crippen molar-refractivity contribution in [1.29, 1.82) is 0 Å². The lowest BCUT2D eigenvalue weighted by molar-refractivity contribution is -0.117. The van der Waals surface area contributed by atoms with Crippen molar-refractivity contribution in [3.8, 4) is 0 Å². The molecule has 0 saturated carbocycles. The molecular formula is C16H12F2N2O. The number of carbonyl (C=O) groups is 1. The van der Waals surface area contributed by atoms with E-state index in [0.717, 1.165) is 17.7 Å². The van der Waals surface area contributed by atoms with E-state index in [9.17, 15) is 13.6 Å². The van der Waals surface area contributed by atoms with Crippen molar-refractivity contribution in [3.05, 3.63) is 65.2 Å². The summed E-state index contributed by atoms with van der Waals surface area (Å²) in [6.07, 6.45) is 1.40. The second kappa shape index (κ2) is 5.44. The van der Waals surface area contributed by atoms with E-state index in [2.05, 4.69) is 4.99 Å². The molecule has 3 nitrogen and oxygen atoms in total. The normalized spacial score (nSPS) is 14.0. The quantitative estimate of drug-likeness (QED) is 0.835. The van der Waals surface area contributed by atoms with E-state index in [0.29, 0.717) is 17.8 Å². The number of amides is 1. The Morgan fingerprint density at radius 1 is 1.10 bits per heavy atom. The average Bonchev–Trinajstić information content (AvgIpc) is 2.62. The number of halogens is 2. The number of hydrogen-bond acceptors (Lipinski definition) is 2. The molecule has 0 aromatic heterocycles. The van der Waals surface area contributed by atoms with Gasteiger partial charge in [-0.2, -0.15) is 0 Å². The third kappa shape index (κ3) is 2.67. The Morgan fingerprint density at radius 3 is 2.57 bits per heavy atom. The van der Waals surface area contributed by atoms with Crippen molar-refractivity contribution in [1.82, 2.24) is 0 Å². The van der Waals surface area contributed by atoms with E-state index in [1.807, 2.05) is 30.3 Å². The van der Waals surface area contributed by atoms with Crippen LogP contribution in [0.5, 0.6) is 0 Å². The molecule has 5 heteroatoms. The Hall–Kier alpha value is -2.56. The minimum absolute atomic E-state index is 0.0370. The van der Waals surface area contributed by atoms with Gasteiger partial charge in [-0.3, -0.25) is 9.79 Å². The third-order valence-electron chi connectivity index (χ3n) is 3.30. The number of hydrogen-bond donors (Lipinski definition) is 0. The highest BCUT2D eigenvalue weighted by molar-refractivity contribution is 6.03. The van der Waals surface area contributed by atoms with Crippen LogP contribution in [0.1, 0.15) is 11.1 Å². The van der Waals surface area contributed by atoms with Crippen LogP contribution in [0.25, 0.3) is 0 Å². The molecule has 0 unspecified atom stereocenters. The Kier molecular flexibility index (Phi) is 3.48. The maximum atomic E-state index is 13.5. The standard InChI is InChI=1S/C16H12F2N2O/c17-13-6-12-8-19-9-16(21)20(15(12)7-14(13)18)10-11-4-2-1-3-5-11/h1-8H,9-10H2. The lowest BCUT2D eigenvalue weighted by Gasteiger charge is -2.22. The van der Waals surface area contributed by atoms with Gasteiger partial charge in [0.2, 0.25) is 5.91 Å². The first-order valence-electron chi connectivity index (χ1n) is 6.48. The molecule has 0 fully saturated rings. The maximum Gasteiger partial charge on any atom is 0.248 e. The molecule has 0 aliphatic carbocycles. The second-order valence-electron chi connectivity index (χ2n) is 4.76. The van der Waals surface area contributed by atoms with Gasteiger partial charge >= 0.3 is 0 Å². The van der Waals surface area contributed by atoms with Gasteiger partial charge in [-0.05, 0) is 11.6 Å². The van der Waals surface area contributed by atoms with Crippen LogP contribution in [-0.4, -0.2) is 18.7 Å². The summed E-state index contributed by atoms with van der Waals surface area (Å²) in [4.78, 5) is 17.6. The van der Waals surface area contributed by atoms with E-state index in [1.165, 1.54) is 11.1 Å². The van der Waals surface area contributed by atoms with Crippen LogP contribution in [0.4, 0.5) is 14.5 Å². The van der Waals surface area contributed by atoms with Crippen molar-refractivity contribution in [2.45, 2.75) is 6.54 Å². The van der Waals surface area contributed by atoms with Crippen molar-refractivity contribution in [2.24, 2.45) is 4.99 Å². The molecule has 1 aliphatic heterocycles. The van der Waals surface area contributed by atoms with Gasteiger partial charge in [0.15, 0.2) is 11.6 Å². The van der Waals surface area contributed by atoms with Gasteiger partial charge < -0.3 is 4.90 Å². The molecule has 2 aromatic rings. The van der Waals surface area contributed by atoms with E-state index in [-0.39, 0.29) is 12.5 Å². The minimum atomic E-state index is -0.977. The van der Waals surface area contributed by atoms with Crippen molar-refractivity contribution >= 4 is 17.8 Å². The SMILES string of the molecule is O=C1CN=Cc2cc(F)c(F)cc2N1Cc1ccccc1. The Balaban J connectivity index is 2.04. The molecule has 0 saturated heterocycles. The van der Waals surface area contributed by atoms with E-state index in [4.69, 9.17) is 0 Å². The first-order valence-corrected chi connectivity index (χ1v) is 6.48. The maximum absolute atomic E-state index is 13.5. The second-order valence-corrected chi connectivity index (χ2v) is 4.76. The molecule has 106 valence electrons. The molecular weight excluding hydrogens is 274 g/mol. The highest BCUT2D eigenvalue weighted by Gasteiger charge is 2.22. The minimum Gasteiger partial charge on any atom is -0.306 e. The molecule has 3 rings (SSSR count). The average molecular weight is 286 g/mol. The van der Waals surface area contributed by atoms with Crippen LogP contribution >= 0.6 is 0 Å². The summed E-state index contributed by atoms with van der Waals surface area (Å²) in [7, 11) is 0. The zero-order valence-electron chi connectivity index (χ0n) is 11.1. The van der Waals surface area contributed by atoms with E-state index in [1.54, 1.807) is 0 Å². The zero-order valence-corrected chi connectivity index (χ0v) is 11.1. The molecule has 0 radical (unpaired) electrons. The number of benzene rings is 2. The van der Waals surface area contributed by atoms with Crippen LogP contribution in [0, 0.1) is 11.6 Å². The molecule has 0 bridgehead atoms. The van der Waals surface area contributed by atoms with Gasteiger partial charge in [0.05, 0.1) is 12.2 Å². The molecule has 0 spiro atoms. The fourth-order valence-corrected chi connectivity index (χ4v) is 2.27. The molecule has 0 atom stereocenters. The Morgan fingerprint density at radius 2 is 1.81 bits per heavy atom. The summed E-state index contributed by atoms with van der Waals surface area (Å²) in [6, 6.07) is 11.4. The number of aliphatic imine (C=N–C) groups is 1. The van der Waals surface area contributed by atoms with Crippen molar-refractivity contribution in [3.63, 3.8) is 0 Å². The number of rotatable bonds is 2. The van der Waals surface area contributed by atoms with E-state index >= 15 is 0 Å². The van der Waals surface area contributed by atoms with Gasteiger partial charge in [-0.1, -0.05) is 30.3 Å². The number of nitrogens with zero attached hydrogens (tertiary/aromatic N) is 2. The summed E-state index contributed by atoms with van der Waals surface area (Å²) in [5.74, 6) is -2.18. The van der Waals surface area contributed by atoms with Crippen molar-refractivity contribution < 1.29 is 13.6 Å². The molecule has 2 aromatic carbocycles. The molecule has 1 aliphatic rings. The number of benzodiazepines with no additional fused rings is 1. The highest BCUT2D eigenvalue weighted by Crippen LogP contribution is 2.26. The molecule has 1 heterocycles. The van der Waals surface area contributed by atoms with Crippen LogP contribution < -0.4 is 4.90 Å². The van der Waals surface area contributed by atoms with Crippen LogP contribution in [-0.2, 0) is 11.3 Å². The van der Waals surface area contributed by atoms with E-state index < -0.39 is 11.6 Å². The summed E-state index contributed by atoms with van der Waals surface area (Å²) in [5.41, 5.74) is 1.64. The lowest BCUT2D eigenvalue weighted by Crippen LogP contribution is -2.32. The van der Waals surface area contributed by atoms with Gasteiger partial charge in [0.25, 0.3) is 0 Å². The summed E-state index contributed by atoms with van der Waals surface area (Å²) >= 11 is 0. The topological polar surface area (TPSA) is 32.7 Å². The summed E-state index contributed by atoms with van der Waals surface area (Å²) in [6.45, 7) is 0.256. The summed E-state index contributed by atoms with van der Waals surface area (Å²) < 4.78 is 26.9. The molecule has 1 amide bonds. The van der Waals surface area contributed by atoms with Crippen LogP contribution in [0.3, 0.4) is 0 Å². The Labute approximate surface area is 120 Å². The smallest absolute Gasteiger partial charge is 0.248 e. The number of anilines is 1. The van der Waals surface area contributed by atoms with Gasteiger partial charge in [-0.25, -0.2) is 8.78 Å². The first kappa shape index (κ1) is 13.4. The first-order chi connectivity index (χ1) is 10.1. The zero-order chi connectivity index (χ0) is 14.8. The lowest BCUT2D eigenvalue weighted by atomic mass is 10.1. The fraction of sp³-hybridized carbons (Fsp3) is 0.125. The number of fused-ring (bicyclic) bond motifs is 1. The van der Waals surface area contributed by atoms with Gasteiger partial charge in [0.1, 0.15) is 6.54 Å². The number of carbonyl (C=O) groups excluding carboxylic acids is 1. The monoisotopic (exact) mass is 286 g/mol. The third-order valence-corrected chi connectivity index (χ3v) is 3.30. The summed E-state index contributed by atoms with van der Waals surface area (Å²) in [5, 5.41) is 0. The predicted octanol–water partition coefficient (Wildman–Crippen LogP) is 2.93. The van der Waals surface area contributed by atoms with Crippen molar-refractivity contribution in [2.75, 3.05) is 11.4 Å². The fourth-order valence-electron chi connectivity index (χ4n) is 2.27. The predicted molar refractivity (Wildman–Crippen MR) is 76.5 cm³/mol. The van der Waals surface area contributed by atoms with Gasteiger partial charge in [0, 0.05) is 17.8 Å². The van der Waals surface area contributed by atoms with Gasteiger partial charge in [-0.15, -0.1) is 0 Å². The highest BCUT2D eigenvalue weighted by atomic mass is 19.2.